The van der Waals surface area contributed by atoms with E-state index in [0.29, 0.717) is 0 Å². The minimum atomic E-state index is 0. The topological polar surface area (TPSA) is 0 Å². The van der Waals surface area contributed by atoms with Gasteiger partial charge >= 0.3 is 0 Å². The third kappa shape index (κ3) is 5.18. The van der Waals surface area contributed by atoms with Crippen LogP contribution in [0.2, 0.25) is 0 Å². The Bertz CT molecular complexity index is 377. The lowest BCUT2D eigenvalue weighted by atomic mass is 10.0. The summed E-state index contributed by atoms with van der Waals surface area (Å²) in [5, 5.41) is 0. The highest BCUT2D eigenvalue weighted by Gasteiger charge is 1.95. The van der Waals surface area contributed by atoms with Crippen LogP contribution in [0, 0.1) is 13.8 Å². The maximum Gasteiger partial charge on any atom is -0.00258 e. The number of benzene rings is 2. The van der Waals surface area contributed by atoms with Crippen molar-refractivity contribution in [2.45, 2.75) is 42.5 Å². The van der Waals surface area contributed by atoms with Crippen molar-refractivity contribution in [2.75, 3.05) is 0 Å². The molecule has 0 aromatic heterocycles. The van der Waals surface area contributed by atoms with Crippen molar-refractivity contribution in [3.63, 3.8) is 0 Å². The zero-order chi connectivity index (χ0) is 10.7. The molecule has 0 fully saturated rings. The van der Waals surface area contributed by atoms with Gasteiger partial charge in [-0.1, -0.05) is 81.9 Å². The predicted octanol–water partition coefficient (Wildman–Crippen LogP) is 5.80. The Morgan fingerprint density at radius 2 is 0.833 bits per heavy atom. The van der Waals surface area contributed by atoms with E-state index in [-0.39, 0.29) is 22.3 Å². The molecule has 0 aliphatic carbocycles. The molecule has 0 aliphatic heterocycles. The largest absolute Gasteiger partial charge is 0.0776 e. The second-order valence-corrected chi connectivity index (χ2v) is 4.15. The van der Waals surface area contributed by atoms with Crippen molar-refractivity contribution >= 4 is 0 Å². The molecule has 100 valence electrons. The summed E-state index contributed by atoms with van der Waals surface area (Å²) in [4.78, 5) is 0. The normalized spacial score (nSPS) is 8.56. The fourth-order valence-corrected chi connectivity index (χ4v) is 1.65. The van der Waals surface area contributed by atoms with Crippen LogP contribution < -0.4 is 0 Å². The van der Waals surface area contributed by atoms with Crippen LogP contribution in [0.3, 0.4) is 0 Å². The summed E-state index contributed by atoms with van der Waals surface area (Å²) in [5.41, 5.74) is 5.40. The highest BCUT2D eigenvalue weighted by Crippen LogP contribution is 2.11. The molecule has 0 aliphatic rings. The molecule has 0 N–H and O–H groups in total. The zero-order valence-electron chi connectivity index (χ0n) is 9.33. The van der Waals surface area contributed by atoms with Crippen LogP contribution in [-0.2, 0) is 6.42 Å². The molecule has 2 rings (SSSR count). The summed E-state index contributed by atoms with van der Waals surface area (Å²) in [5.74, 6) is 0. The van der Waals surface area contributed by atoms with E-state index in [9.17, 15) is 0 Å². The Hall–Kier alpha value is -1.56. The van der Waals surface area contributed by atoms with E-state index < -0.39 is 0 Å². The average Bonchev–Trinajstić information content (AvgIpc) is 2.25. The standard InChI is InChI=1S/C15H16.3CH4/c1-12-3-7-14(8-4-12)11-15-9-5-13(2)6-10-15;;;/h3-10H,11H2,1-2H3;3*1H4. The van der Waals surface area contributed by atoms with E-state index >= 15 is 0 Å². The highest BCUT2D eigenvalue weighted by molar-refractivity contribution is 5.29. The van der Waals surface area contributed by atoms with E-state index in [0.717, 1.165) is 6.42 Å². The van der Waals surface area contributed by atoms with Crippen molar-refractivity contribution in [1.29, 1.82) is 0 Å². The lowest BCUT2D eigenvalue weighted by Gasteiger charge is -2.03. The lowest BCUT2D eigenvalue weighted by molar-refractivity contribution is 1.18. The van der Waals surface area contributed by atoms with Gasteiger partial charge in [0.25, 0.3) is 0 Å². The van der Waals surface area contributed by atoms with Crippen LogP contribution >= 0.6 is 0 Å². The van der Waals surface area contributed by atoms with Crippen molar-refractivity contribution in [3.8, 4) is 0 Å². The van der Waals surface area contributed by atoms with Gasteiger partial charge in [-0.2, -0.15) is 0 Å². The molecule has 0 bridgehead atoms. The molecule has 0 atom stereocenters. The van der Waals surface area contributed by atoms with Gasteiger partial charge in [0.1, 0.15) is 0 Å². The highest BCUT2D eigenvalue weighted by atomic mass is 14.0. The van der Waals surface area contributed by atoms with Crippen molar-refractivity contribution in [2.24, 2.45) is 0 Å². The van der Waals surface area contributed by atoms with Crippen LogP contribution in [0.25, 0.3) is 0 Å². The molecular weight excluding hydrogens is 216 g/mol. The number of hydrogen-bond acceptors (Lipinski definition) is 0. The third-order valence-electron chi connectivity index (χ3n) is 2.65. The number of hydrogen-bond donors (Lipinski definition) is 0. The number of rotatable bonds is 2. The average molecular weight is 244 g/mol. The van der Waals surface area contributed by atoms with Crippen LogP contribution in [-0.4, -0.2) is 0 Å². The smallest absolute Gasteiger partial charge is 0.00258 e. The Morgan fingerprint density at radius 1 is 0.556 bits per heavy atom. The van der Waals surface area contributed by atoms with Crippen LogP contribution in [0.15, 0.2) is 48.5 Å². The SMILES string of the molecule is C.C.C.Cc1ccc(Cc2ccc(C)cc2)cc1. The summed E-state index contributed by atoms with van der Waals surface area (Å²) in [6.07, 6.45) is 1.03. The predicted molar refractivity (Wildman–Crippen MR) is 85.4 cm³/mol. The molecule has 0 heteroatoms. The summed E-state index contributed by atoms with van der Waals surface area (Å²) in [7, 11) is 0. The monoisotopic (exact) mass is 244 g/mol. The third-order valence-corrected chi connectivity index (χ3v) is 2.65. The molecule has 0 heterocycles. The minimum absolute atomic E-state index is 0. The van der Waals surface area contributed by atoms with E-state index in [1.807, 2.05) is 0 Å². The van der Waals surface area contributed by atoms with Gasteiger partial charge in [0.15, 0.2) is 0 Å². The minimum Gasteiger partial charge on any atom is -0.0776 e. The molecule has 0 saturated carbocycles. The molecule has 0 nitrogen and oxygen atoms in total. The summed E-state index contributed by atoms with van der Waals surface area (Å²) < 4.78 is 0. The Kier molecular flexibility index (Phi) is 8.90. The van der Waals surface area contributed by atoms with Gasteiger partial charge < -0.3 is 0 Å². The van der Waals surface area contributed by atoms with E-state index in [4.69, 9.17) is 0 Å². The molecule has 0 spiro atoms. The van der Waals surface area contributed by atoms with Crippen molar-refractivity contribution in [3.05, 3.63) is 70.8 Å². The molecule has 18 heavy (non-hydrogen) atoms. The van der Waals surface area contributed by atoms with Crippen LogP contribution in [0.1, 0.15) is 44.5 Å². The van der Waals surface area contributed by atoms with Gasteiger partial charge in [-0.15, -0.1) is 0 Å². The molecule has 2 aromatic carbocycles. The van der Waals surface area contributed by atoms with Crippen LogP contribution in [0.5, 0.6) is 0 Å². The fraction of sp³-hybridized carbons (Fsp3) is 0.333. The summed E-state index contributed by atoms with van der Waals surface area (Å²) in [6.45, 7) is 4.24. The first-order valence-corrected chi connectivity index (χ1v) is 5.35. The first kappa shape index (κ1) is 18.8. The quantitative estimate of drug-likeness (QED) is 0.626. The van der Waals surface area contributed by atoms with Gasteiger partial charge in [-0.25, -0.2) is 0 Å². The molecule has 0 amide bonds. The van der Waals surface area contributed by atoms with E-state index in [1.54, 1.807) is 0 Å². The first-order chi connectivity index (χ1) is 7.24. The second kappa shape index (κ2) is 8.52. The van der Waals surface area contributed by atoms with E-state index in [2.05, 4.69) is 62.4 Å². The maximum absolute atomic E-state index is 2.20. The molecule has 0 radical (unpaired) electrons. The zero-order valence-corrected chi connectivity index (χ0v) is 9.33. The van der Waals surface area contributed by atoms with Gasteiger partial charge in [0.2, 0.25) is 0 Å². The summed E-state index contributed by atoms with van der Waals surface area (Å²) in [6, 6.07) is 17.5. The molecule has 2 aromatic rings. The first-order valence-electron chi connectivity index (χ1n) is 5.35. The van der Waals surface area contributed by atoms with Gasteiger partial charge in [0, 0.05) is 0 Å². The maximum atomic E-state index is 2.20. The van der Waals surface area contributed by atoms with Crippen molar-refractivity contribution in [1.82, 2.24) is 0 Å². The molecule has 0 unspecified atom stereocenters. The van der Waals surface area contributed by atoms with Crippen LogP contribution in [0.4, 0.5) is 0 Å². The Morgan fingerprint density at radius 3 is 1.11 bits per heavy atom. The number of aryl methyl sites for hydroxylation is 2. The Labute approximate surface area is 114 Å². The Balaban J connectivity index is 0. The molecule has 0 saturated heterocycles. The van der Waals surface area contributed by atoms with Crippen molar-refractivity contribution < 1.29 is 0 Å². The van der Waals surface area contributed by atoms with Gasteiger partial charge in [-0.3, -0.25) is 0 Å². The van der Waals surface area contributed by atoms with E-state index in [1.165, 1.54) is 22.3 Å². The second-order valence-electron chi connectivity index (χ2n) is 4.15. The van der Waals surface area contributed by atoms with Gasteiger partial charge in [0.05, 0.1) is 0 Å². The lowest BCUT2D eigenvalue weighted by Crippen LogP contribution is -1.88. The fourth-order valence-electron chi connectivity index (χ4n) is 1.65. The summed E-state index contributed by atoms with van der Waals surface area (Å²) >= 11 is 0. The molecular formula is C18H28. The van der Waals surface area contributed by atoms with Gasteiger partial charge in [-0.05, 0) is 31.4 Å².